The molecule has 3 rings (SSSR count). The maximum absolute atomic E-state index is 12.6. The second-order valence-electron chi connectivity index (χ2n) is 6.46. The Hall–Kier alpha value is -2.82. The van der Waals surface area contributed by atoms with E-state index in [1.165, 1.54) is 12.1 Å². The van der Waals surface area contributed by atoms with Gasteiger partial charge in [-0.3, -0.25) is 9.59 Å². The molecule has 130 valence electrons. The van der Waals surface area contributed by atoms with Gasteiger partial charge in [-0.1, -0.05) is 23.8 Å². The van der Waals surface area contributed by atoms with Crippen molar-refractivity contribution in [3.05, 3.63) is 65.2 Å². The van der Waals surface area contributed by atoms with Gasteiger partial charge in [-0.2, -0.15) is 0 Å². The molecule has 2 amide bonds. The van der Waals surface area contributed by atoms with Crippen LogP contribution in [0, 0.1) is 6.92 Å². The van der Waals surface area contributed by atoms with Crippen LogP contribution in [0.25, 0.3) is 0 Å². The molecule has 0 radical (unpaired) electrons. The molecule has 0 unspecified atom stereocenters. The number of amides is 2. The lowest BCUT2D eigenvalue weighted by Gasteiger charge is -2.32. The summed E-state index contributed by atoms with van der Waals surface area (Å²) >= 11 is 0. The highest BCUT2D eigenvalue weighted by atomic mass is 16.3. The molecule has 5 heteroatoms. The van der Waals surface area contributed by atoms with Crippen LogP contribution >= 0.6 is 0 Å². The molecular formula is C20H22N2O3. The third-order valence-electron chi connectivity index (χ3n) is 4.49. The quantitative estimate of drug-likeness (QED) is 0.904. The van der Waals surface area contributed by atoms with Crippen LogP contribution in [0.2, 0.25) is 0 Å². The molecule has 0 atom stereocenters. The summed E-state index contributed by atoms with van der Waals surface area (Å²) in [6.45, 7) is 3.22. The van der Waals surface area contributed by atoms with Gasteiger partial charge in [-0.05, 0) is 50.1 Å². The smallest absolute Gasteiger partial charge is 0.253 e. The van der Waals surface area contributed by atoms with E-state index in [1.54, 1.807) is 12.1 Å². The van der Waals surface area contributed by atoms with Crippen LogP contribution in [0.5, 0.6) is 5.75 Å². The number of rotatable bonds is 3. The Kier molecular flexibility index (Phi) is 5.03. The van der Waals surface area contributed by atoms with Crippen LogP contribution in [0.3, 0.4) is 0 Å². The van der Waals surface area contributed by atoms with Gasteiger partial charge < -0.3 is 15.3 Å². The molecule has 5 nitrogen and oxygen atoms in total. The Morgan fingerprint density at radius 1 is 1.04 bits per heavy atom. The summed E-state index contributed by atoms with van der Waals surface area (Å²) in [5, 5.41) is 12.4. The van der Waals surface area contributed by atoms with Crippen LogP contribution in [-0.2, 0) is 0 Å². The van der Waals surface area contributed by atoms with Gasteiger partial charge in [0.25, 0.3) is 11.8 Å². The van der Waals surface area contributed by atoms with E-state index >= 15 is 0 Å². The highest BCUT2D eigenvalue weighted by Crippen LogP contribution is 2.16. The number of nitrogens with zero attached hydrogens (tertiary/aromatic N) is 1. The SMILES string of the molecule is Cc1cccc(C(=O)N2CCC(NC(=O)c3cccc(O)c3)CC2)c1. The Balaban J connectivity index is 1.55. The third-order valence-corrected chi connectivity index (χ3v) is 4.49. The van der Waals surface area contributed by atoms with Crippen molar-refractivity contribution in [2.75, 3.05) is 13.1 Å². The maximum atomic E-state index is 12.6. The van der Waals surface area contributed by atoms with Crippen molar-refractivity contribution in [1.29, 1.82) is 0 Å². The van der Waals surface area contributed by atoms with Crippen LogP contribution in [0.4, 0.5) is 0 Å². The number of nitrogens with one attached hydrogen (secondary N) is 1. The molecule has 1 aliphatic rings. The van der Waals surface area contributed by atoms with Crippen molar-refractivity contribution in [3.63, 3.8) is 0 Å². The number of hydrogen-bond acceptors (Lipinski definition) is 3. The Bertz CT molecular complexity index is 780. The standard InChI is InChI=1S/C20H22N2O3/c1-14-4-2-6-16(12-14)20(25)22-10-8-17(9-11-22)21-19(24)15-5-3-7-18(23)13-15/h2-7,12-13,17,23H,8-11H2,1H3,(H,21,24). The van der Waals surface area contributed by atoms with Gasteiger partial charge in [-0.15, -0.1) is 0 Å². The molecule has 0 aromatic heterocycles. The number of aryl methyl sites for hydroxylation is 1. The van der Waals surface area contributed by atoms with Crippen molar-refractivity contribution < 1.29 is 14.7 Å². The van der Waals surface area contributed by atoms with Gasteiger partial charge in [-0.25, -0.2) is 0 Å². The molecule has 1 saturated heterocycles. The number of likely N-dealkylation sites (tertiary alicyclic amines) is 1. The molecule has 1 aliphatic heterocycles. The van der Waals surface area contributed by atoms with E-state index in [1.807, 2.05) is 36.1 Å². The lowest BCUT2D eigenvalue weighted by atomic mass is 10.0. The molecule has 2 aromatic rings. The fourth-order valence-corrected chi connectivity index (χ4v) is 3.10. The zero-order valence-electron chi connectivity index (χ0n) is 14.2. The lowest BCUT2D eigenvalue weighted by molar-refractivity contribution is 0.0698. The fraction of sp³-hybridized carbons (Fsp3) is 0.300. The minimum Gasteiger partial charge on any atom is -0.508 e. The molecule has 0 bridgehead atoms. The Morgan fingerprint density at radius 3 is 2.40 bits per heavy atom. The highest BCUT2D eigenvalue weighted by molar-refractivity contribution is 5.95. The van der Waals surface area contributed by atoms with Gasteiger partial charge in [0.15, 0.2) is 0 Å². The number of phenols is 1. The van der Waals surface area contributed by atoms with Crippen LogP contribution in [0.1, 0.15) is 39.1 Å². The number of phenolic OH excluding ortho intramolecular Hbond substituents is 1. The molecule has 1 fully saturated rings. The van der Waals surface area contributed by atoms with Crippen LogP contribution < -0.4 is 5.32 Å². The molecule has 25 heavy (non-hydrogen) atoms. The van der Waals surface area contributed by atoms with E-state index in [0.29, 0.717) is 24.2 Å². The summed E-state index contributed by atoms with van der Waals surface area (Å²) in [6, 6.07) is 13.9. The van der Waals surface area contributed by atoms with E-state index in [-0.39, 0.29) is 23.6 Å². The van der Waals surface area contributed by atoms with E-state index in [9.17, 15) is 14.7 Å². The van der Waals surface area contributed by atoms with Gasteiger partial charge in [0, 0.05) is 30.3 Å². The third kappa shape index (κ3) is 4.18. The Labute approximate surface area is 147 Å². The first-order valence-corrected chi connectivity index (χ1v) is 8.49. The van der Waals surface area contributed by atoms with Crippen molar-refractivity contribution in [3.8, 4) is 5.75 Å². The molecule has 0 spiro atoms. The summed E-state index contributed by atoms with van der Waals surface area (Å²) in [6.07, 6.45) is 1.45. The summed E-state index contributed by atoms with van der Waals surface area (Å²) in [4.78, 5) is 26.6. The topological polar surface area (TPSA) is 69.6 Å². The zero-order chi connectivity index (χ0) is 17.8. The normalized spacial score (nSPS) is 15.0. The molecule has 2 aromatic carbocycles. The average molecular weight is 338 g/mol. The van der Waals surface area contributed by atoms with Gasteiger partial charge in [0.2, 0.25) is 0 Å². The highest BCUT2D eigenvalue weighted by Gasteiger charge is 2.25. The van der Waals surface area contributed by atoms with E-state index in [0.717, 1.165) is 18.4 Å². The maximum Gasteiger partial charge on any atom is 0.253 e. The van der Waals surface area contributed by atoms with E-state index < -0.39 is 0 Å². The van der Waals surface area contributed by atoms with Crippen LogP contribution in [0.15, 0.2) is 48.5 Å². The van der Waals surface area contributed by atoms with Crippen molar-refractivity contribution in [2.24, 2.45) is 0 Å². The average Bonchev–Trinajstić information content (AvgIpc) is 2.62. The second-order valence-corrected chi connectivity index (χ2v) is 6.46. The minimum absolute atomic E-state index is 0.0383. The fourth-order valence-electron chi connectivity index (χ4n) is 3.10. The predicted octanol–water partition coefficient (Wildman–Crippen LogP) is 2.74. The molecule has 0 aliphatic carbocycles. The van der Waals surface area contributed by atoms with Crippen molar-refractivity contribution >= 4 is 11.8 Å². The molecule has 1 heterocycles. The largest absolute Gasteiger partial charge is 0.508 e. The van der Waals surface area contributed by atoms with Gasteiger partial charge >= 0.3 is 0 Å². The van der Waals surface area contributed by atoms with Crippen molar-refractivity contribution in [2.45, 2.75) is 25.8 Å². The monoisotopic (exact) mass is 338 g/mol. The Morgan fingerprint density at radius 2 is 1.72 bits per heavy atom. The molecule has 0 saturated carbocycles. The first kappa shape index (κ1) is 17.0. The number of aromatic hydroxyl groups is 1. The summed E-state index contributed by atoms with van der Waals surface area (Å²) in [7, 11) is 0. The predicted molar refractivity (Wildman–Crippen MR) is 95.7 cm³/mol. The number of piperidine rings is 1. The second kappa shape index (κ2) is 7.38. The van der Waals surface area contributed by atoms with Crippen LogP contribution in [-0.4, -0.2) is 41.0 Å². The molecular weight excluding hydrogens is 316 g/mol. The lowest BCUT2D eigenvalue weighted by Crippen LogP contribution is -2.46. The minimum atomic E-state index is -0.195. The van der Waals surface area contributed by atoms with E-state index in [2.05, 4.69) is 5.32 Å². The summed E-state index contributed by atoms with van der Waals surface area (Å²) in [5.74, 6) is -0.0768. The number of benzene rings is 2. The zero-order valence-corrected chi connectivity index (χ0v) is 14.2. The number of carbonyl (C=O) groups is 2. The number of hydrogen-bond donors (Lipinski definition) is 2. The first-order chi connectivity index (χ1) is 12.0. The first-order valence-electron chi connectivity index (χ1n) is 8.49. The van der Waals surface area contributed by atoms with Gasteiger partial charge in [0.05, 0.1) is 0 Å². The van der Waals surface area contributed by atoms with Crippen molar-refractivity contribution in [1.82, 2.24) is 10.2 Å². The molecule has 2 N–H and O–H groups in total. The van der Waals surface area contributed by atoms with E-state index in [4.69, 9.17) is 0 Å². The van der Waals surface area contributed by atoms with Gasteiger partial charge in [0.1, 0.15) is 5.75 Å². The number of carbonyl (C=O) groups excluding carboxylic acids is 2. The summed E-state index contributed by atoms with van der Waals surface area (Å²) in [5.41, 5.74) is 2.22. The summed E-state index contributed by atoms with van der Waals surface area (Å²) < 4.78 is 0.